The van der Waals surface area contributed by atoms with Crippen molar-refractivity contribution in [3.63, 3.8) is 0 Å². The van der Waals surface area contributed by atoms with Gasteiger partial charge >= 0.3 is 5.97 Å². The van der Waals surface area contributed by atoms with Crippen molar-refractivity contribution in [2.75, 3.05) is 0 Å². The van der Waals surface area contributed by atoms with Gasteiger partial charge in [-0.3, -0.25) is 0 Å². The Bertz CT molecular complexity index is 675. The largest absolute Gasteiger partial charge is 0.477 e. The number of rotatable bonds is 3. The lowest BCUT2D eigenvalue weighted by Crippen LogP contribution is -2.11. The number of aromatic carboxylic acids is 1. The number of hydrogen-bond acceptors (Lipinski definition) is 4. The van der Waals surface area contributed by atoms with Gasteiger partial charge < -0.3 is 9.84 Å². The molecule has 5 nitrogen and oxygen atoms in total. The third-order valence-corrected chi connectivity index (χ3v) is 3.16. The second-order valence-corrected chi connectivity index (χ2v) is 5.89. The maximum Gasteiger partial charge on any atom is 0.341 e. The zero-order chi connectivity index (χ0) is 15.6. The van der Waals surface area contributed by atoms with Gasteiger partial charge in [-0.1, -0.05) is 32.9 Å². The number of aromatic nitrogens is 2. The van der Waals surface area contributed by atoms with Crippen LogP contribution in [0.5, 0.6) is 11.6 Å². The molecule has 0 radical (unpaired) electrons. The summed E-state index contributed by atoms with van der Waals surface area (Å²) in [5.41, 5.74) is 2.14. The van der Waals surface area contributed by atoms with Crippen LogP contribution in [-0.4, -0.2) is 21.3 Å². The predicted octanol–water partition coefficient (Wildman–Crippen LogP) is 3.57. The van der Waals surface area contributed by atoms with Crippen molar-refractivity contribution in [3.05, 3.63) is 47.2 Å². The maximum absolute atomic E-state index is 11.1. The number of carboxylic acid groups (broad SMARTS) is 1. The summed E-state index contributed by atoms with van der Waals surface area (Å²) in [4.78, 5) is 11.1. The first-order valence-corrected chi connectivity index (χ1v) is 6.63. The van der Waals surface area contributed by atoms with E-state index in [-0.39, 0.29) is 16.9 Å². The zero-order valence-corrected chi connectivity index (χ0v) is 12.5. The molecule has 0 amide bonds. The molecule has 1 aromatic carbocycles. The van der Waals surface area contributed by atoms with Gasteiger partial charge in [0.25, 0.3) is 5.88 Å². The van der Waals surface area contributed by atoms with Gasteiger partial charge in [-0.15, -0.1) is 5.10 Å². The van der Waals surface area contributed by atoms with E-state index in [0.29, 0.717) is 5.75 Å². The standard InChI is InChI=1S/C16H18N2O3/c1-10-9-11(16(2,3)4)5-6-13(10)21-14-12(15(19)20)7-8-17-18-14/h5-9H,1-4H3,(H,19,20). The third-order valence-electron chi connectivity index (χ3n) is 3.16. The van der Waals surface area contributed by atoms with Crippen LogP contribution in [0, 0.1) is 6.92 Å². The monoisotopic (exact) mass is 286 g/mol. The van der Waals surface area contributed by atoms with Crippen molar-refractivity contribution in [1.82, 2.24) is 10.2 Å². The van der Waals surface area contributed by atoms with E-state index in [1.165, 1.54) is 17.8 Å². The molecule has 110 valence electrons. The van der Waals surface area contributed by atoms with E-state index in [0.717, 1.165) is 5.56 Å². The molecule has 21 heavy (non-hydrogen) atoms. The average Bonchev–Trinajstić information content (AvgIpc) is 2.40. The average molecular weight is 286 g/mol. The van der Waals surface area contributed by atoms with E-state index in [4.69, 9.17) is 9.84 Å². The van der Waals surface area contributed by atoms with Crippen molar-refractivity contribution in [2.45, 2.75) is 33.1 Å². The lowest BCUT2D eigenvalue weighted by Gasteiger charge is -2.20. The molecule has 2 rings (SSSR count). The highest BCUT2D eigenvalue weighted by Crippen LogP contribution is 2.30. The van der Waals surface area contributed by atoms with Crippen molar-refractivity contribution in [3.8, 4) is 11.6 Å². The first-order valence-electron chi connectivity index (χ1n) is 6.63. The zero-order valence-electron chi connectivity index (χ0n) is 12.5. The number of carbonyl (C=O) groups is 1. The molecule has 0 atom stereocenters. The van der Waals surface area contributed by atoms with E-state index in [9.17, 15) is 4.79 Å². The summed E-state index contributed by atoms with van der Waals surface area (Å²) in [6.45, 7) is 8.32. The van der Waals surface area contributed by atoms with Crippen LogP contribution in [-0.2, 0) is 5.41 Å². The van der Waals surface area contributed by atoms with Crippen LogP contribution in [0.1, 0.15) is 42.3 Å². The van der Waals surface area contributed by atoms with Gasteiger partial charge in [0.1, 0.15) is 11.3 Å². The Morgan fingerprint density at radius 1 is 1.24 bits per heavy atom. The molecular weight excluding hydrogens is 268 g/mol. The second kappa shape index (κ2) is 5.52. The molecule has 5 heteroatoms. The molecule has 0 fully saturated rings. The quantitative estimate of drug-likeness (QED) is 0.933. The summed E-state index contributed by atoms with van der Waals surface area (Å²) >= 11 is 0. The van der Waals surface area contributed by atoms with Gasteiger partial charge in [0.05, 0.1) is 6.20 Å². The summed E-state index contributed by atoms with van der Waals surface area (Å²) in [7, 11) is 0. The number of aryl methyl sites for hydroxylation is 1. The van der Waals surface area contributed by atoms with Crippen LogP contribution >= 0.6 is 0 Å². The van der Waals surface area contributed by atoms with Crippen molar-refractivity contribution < 1.29 is 14.6 Å². The minimum absolute atomic E-state index is 0.00314. The van der Waals surface area contributed by atoms with Gasteiger partial charge in [-0.25, -0.2) is 4.79 Å². The van der Waals surface area contributed by atoms with Crippen LogP contribution in [0.25, 0.3) is 0 Å². The van der Waals surface area contributed by atoms with E-state index in [1.807, 2.05) is 25.1 Å². The number of carboxylic acids is 1. The third kappa shape index (κ3) is 3.37. The fraction of sp³-hybridized carbons (Fsp3) is 0.312. The molecule has 0 saturated carbocycles. The summed E-state index contributed by atoms with van der Waals surface area (Å²) in [6.07, 6.45) is 1.33. The Morgan fingerprint density at radius 2 is 1.95 bits per heavy atom. The number of nitrogens with zero attached hydrogens (tertiary/aromatic N) is 2. The van der Waals surface area contributed by atoms with E-state index in [2.05, 4.69) is 31.0 Å². The second-order valence-electron chi connectivity index (χ2n) is 5.89. The summed E-state index contributed by atoms with van der Waals surface area (Å²) < 4.78 is 5.61. The van der Waals surface area contributed by atoms with Gasteiger partial charge in [0.2, 0.25) is 0 Å². The molecular formula is C16H18N2O3. The Morgan fingerprint density at radius 3 is 2.52 bits per heavy atom. The summed E-state index contributed by atoms with van der Waals surface area (Å²) in [5, 5.41) is 16.5. The van der Waals surface area contributed by atoms with E-state index < -0.39 is 5.97 Å². The Labute approximate surface area is 123 Å². The van der Waals surface area contributed by atoms with Crippen molar-refractivity contribution >= 4 is 5.97 Å². The minimum Gasteiger partial charge on any atom is -0.477 e. The van der Waals surface area contributed by atoms with Gasteiger partial charge in [-0.2, -0.15) is 5.10 Å². The Kier molecular flexibility index (Phi) is 3.93. The molecule has 0 aliphatic rings. The molecule has 0 spiro atoms. The fourth-order valence-corrected chi connectivity index (χ4v) is 1.89. The molecule has 0 aliphatic carbocycles. The molecule has 1 N–H and O–H groups in total. The van der Waals surface area contributed by atoms with Crippen LogP contribution in [0.15, 0.2) is 30.5 Å². The topological polar surface area (TPSA) is 72.3 Å². The van der Waals surface area contributed by atoms with Gasteiger partial charge in [-0.05, 0) is 35.6 Å². The van der Waals surface area contributed by atoms with Crippen LogP contribution in [0.4, 0.5) is 0 Å². The SMILES string of the molecule is Cc1cc(C(C)(C)C)ccc1Oc1nnccc1C(=O)O. The minimum atomic E-state index is -1.09. The van der Waals surface area contributed by atoms with Crippen LogP contribution < -0.4 is 4.74 Å². The molecule has 0 saturated heterocycles. The molecule has 1 aromatic heterocycles. The summed E-state index contributed by atoms with van der Waals surface area (Å²) in [6, 6.07) is 7.20. The van der Waals surface area contributed by atoms with E-state index >= 15 is 0 Å². The molecule has 0 bridgehead atoms. The molecule has 2 aromatic rings. The normalized spacial score (nSPS) is 11.2. The highest BCUT2D eigenvalue weighted by molar-refractivity contribution is 5.90. The number of hydrogen-bond donors (Lipinski definition) is 1. The highest BCUT2D eigenvalue weighted by atomic mass is 16.5. The smallest absolute Gasteiger partial charge is 0.341 e. The van der Waals surface area contributed by atoms with Crippen molar-refractivity contribution in [2.24, 2.45) is 0 Å². The summed E-state index contributed by atoms with van der Waals surface area (Å²) in [5.74, 6) is -0.522. The Hall–Kier alpha value is -2.43. The molecule has 0 unspecified atom stereocenters. The first-order chi connectivity index (χ1) is 9.79. The van der Waals surface area contributed by atoms with Crippen LogP contribution in [0.2, 0.25) is 0 Å². The van der Waals surface area contributed by atoms with Crippen LogP contribution in [0.3, 0.4) is 0 Å². The predicted molar refractivity (Wildman–Crippen MR) is 78.9 cm³/mol. The lowest BCUT2D eigenvalue weighted by molar-refractivity contribution is 0.0693. The highest BCUT2D eigenvalue weighted by Gasteiger charge is 2.17. The Balaban J connectivity index is 2.35. The number of ether oxygens (including phenoxy) is 1. The molecule has 1 heterocycles. The molecule has 0 aliphatic heterocycles. The first kappa shape index (κ1) is 15.0. The van der Waals surface area contributed by atoms with E-state index in [1.54, 1.807) is 0 Å². The lowest BCUT2D eigenvalue weighted by atomic mass is 9.86. The maximum atomic E-state index is 11.1. The number of benzene rings is 1. The van der Waals surface area contributed by atoms with Crippen molar-refractivity contribution in [1.29, 1.82) is 0 Å². The van der Waals surface area contributed by atoms with Gasteiger partial charge in [0, 0.05) is 0 Å². The fourth-order valence-electron chi connectivity index (χ4n) is 1.89. The van der Waals surface area contributed by atoms with Gasteiger partial charge in [0.15, 0.2) is 0 Å².